The molecule has 1 aliphatic rings. The first-order valence-corrected chi connectivity index (χ1v) is 7.87. The molecule has 0 radical (unpaired) electrons. The lowest BCUT2D eigenvalue weighted by Crippen LogP contribution is -2.43. The first-order valence-electron chi connectivity index (χ1n) is 7.49. The SMILES string of the molecule is CCNC(=NCC1(O)CCC1)N(C)Cc1ccccc1Cl.I. The molecule has 0 aromatic heterocycles. The monoisotopic (exact) mass is 437 g/mol. The predicted octanol–water partition coefficient (Wildman–Crippen LogP) is 3.27. The summed E-state index contributed by atoms with van der Waals surface area (Å²) < 4.78 is 0. The zero-order valence-corrected chi connectivity index (χ0v) is 16.3. The first-order chi connectivity index (χ1) is 10.0. The van der Waals surface area contributed by atoms with Crippen LogP contribution in [0.2, 0.25) is 5.02 Å². The predicted molar refractivity (Wildman–Crippen MR) is 103 cm³/mol. The Bertz CT molecular complexity index is 506. The van der Waals surface area contributed by atoms with Crippen LogP contribution in [0.5, 0.6) is 0 Å². The summed E-state index contributed by atoms with van der Waals surface area (Å²) in [6, 6.07) is 7.82. The third kappa shape index (κ3) is 5.28. The number of halogens is 2. The molecule has 0 aliphatic heterocycles. The van der Waals surface area contributed by atoms with E-state index in [0.717, 1.165) is 42.4 Å². The first kappa shape index (κ1) is 19.5. The van der Waals surface area contributed by atoms with Gasteiger partial charge in [0.05, 0.1) is 12.1 Å². The van der Waals surface area contributed by atoms with Gasteiger partial charge in [-0.15, -0.1) is 24.0 Å². The minimum atomic E-state index is -0.591. The highest BCUT2D eigenvalue weighted by Gasteiger charge is 2.34. The molecule has 1 saturated carbocycles. The Morgan fingerprint density at radius 1 is 1.41 bits per heavy atom. The Morgan fingerprint density at radius 2 is 2.09 bits per heavy atom. The van der Waals surface area contributed by atoms with E-state index in [0.29, 0.717) is 13.1 Å². The highest BCUT2D eigenvalue weighted by molar-refractivity contribution is 14.0. The largest absolute Gasteiger partial charge is 0.388 e. The van der Waals surface area contributed by atoms with Crippen LogP contribution < -0.4 is 5.32 Å². The number of aliphatic imine (C=N–C) groups is 1. The molecule has 1 aliphatic carbocycles. The number of rotatable bonds is 5. The molecule has 0 atom stereocenters. The number of hydrogen-bond acceptors (Lipinski definition) is 2. The molecule has 0 spiro atoms. The fourth-order valence-corrected chi connectivity index (χ4v) is 2.59. The summed E-state index contributed by atoms with van der Waals surface area (Å²) >= 11 is 6.20. The lowest BCUT2D eigenvalue weighted by atomic mass is 9.80. The van der Waals surface area contributed by atoms with Crippen LogP contribution in [-0.2, 0) is 6.54 Å². The van der Waals surface area contributed by atoms with Gasteiger partial charge in [-0.2, -0.15) is 0 Å². The highest BCUT2D eigenvalue weighted by atomic mass is 127. The standard InChI is InChI=1S/C16H24ClN3O.HI/c1-3-18-15(19-12-16(21)9-6-10-16)20(2)11-13-7-4-5-8-14(13)17;/h4-5,7-8,21H,3,6,9-12H2,1-2H3,(H,18,19);1H. The van der Waals surface area contributed by atoms with Gasteiger partial charge in [0.25, 0.3) is 0 Å². The zero-order valence-electron chi connectivity index (χ0n) is 13.2. The van der Waals surface area contributed by atoms with Crippen molar-refractivity contribution in [2.24, 2.45) is 4.99 Å². The second-order valence-electron chi connectivity index (χ2n) is 5.70. The molecule has 0 heterocycles. The summed E-state index contributed by atoms with van der Waals surface area (Å²) in [7, 11) is 1.98. The van der Waals surface area contributed by atoms with E-state index in [1.54, 1.807) is 0 Å². The third-order valence-electron chi connectivity index (χ3n) is 3.87. The molecular weight excluding hydrogens is 413 g/mol. The van der Waals surface area contributed by atoms with Crippen LogP contribution in [0.25, 0.3) is 0 Å². The third-order valence-corrected chi connectivity index (χ3v) is 4.24. The van der Waals surface area contributed by atoms with E-state index in [-0.39, 0.29) is 24.0 Å². The van der Waals surface area contributed by atoms with E-state index >= 15 is 0 Å². The molecule has 2 N–H and O–H groups in total. The van der Waals surface area contributed by atoms with Crippen molar-refractivity contribution in [3.63, 3.8) is 0 Å². The van der Waals surface area contributed by atoms with Crippen LogP contribution in [-0.4, -0.2) is 41.7 Å². The van der Waals surface area contributed by atoms with Crippen LogP contribution in [0, 0.1) is 0 Å². The average molecular weight is 438 g/mol. The van der Waals surface area contributed by atoms with Crippen molar-refractivity contribution in [1.82, 2.24) is 10.2 Å². The molecular formula is C16H25ClIN3O. The molecule has 0 amide bonds. The van der Waals surface area contributed by atoms with Gasteiger partial charge >= 0.3 is 0 Å². The Hall–Kier alpha value is -0.530. The Morgan fingerprint density at radius 3 is 2.64 bits per heavy atom. The van der Waals surface area contributed by atoms with Crippen molar-refractivity contribution >= 4 is 41.5 Å². The van der Waals surface area contributed by atoms with E-state index in [4.69, 9.17) is 11.6 Å². The van der Waals surface area contributed by atoms with Crippen LogP contribution in [0.3, 0.4) is 0 Å². The van der Waals surface area contributed by atoms with Gasteiger partial charge in [0.15, 0.2) is 5.96 Å². The second kappa shape index (κ2) is 8.93. The lowest BCUT2D eigenvalue weighted by Gasteiger charge is -2.35. The average Bonchev–Trinajstić information content (AvgIpc) is 2.43. The molecule has 124 valence electrons. The van der Waals surface area contributed by atoms with Crippen molar-refractivity contribution in [2.45, 2.75) is 38.3 Å². The van der Waals surface area contributed by atoms with Gasteiger partial charge in [-0.05, 0) is 37.8 Å². The Balaban J connectivity index is 0.00000242. The fraction of sp³-hybridized carbons (Fsp3) is 0.562. The molecule has 22 heavy (non-hydrogen) atoms. The van der Waals surface area contributed by atoms with Gasteiger partial charge in [0.1, 0.15) is 0 Å². The number of nitrogens with one attached hydrogen (secondary N) is 1. The van der Waals surface area contributed by atoms with Crippen LogP contribution >= 0.6 is 35.6 Å². The molecule has 6 heteroatoms. The zero-order chi connectivity index (χ0) is 15.3. The van der Waals surface area contributed by atoms with E-state index in [1.807, 2.05) is 43.1 Å². The maximum atomic E-state index is 10.2. The van der Waals surface area contributed by atoms with Crippen molar-refractivity contribution in [1.29, 1.82) is 0 Å². The van der Waals surface area contributed by atoms with Crippen molar-refractivity contribution in [2.75, 3.05) is 20.1 Å². The molecule has 0 unspecified atom stereocenters. The van der Waals surface area contributed by atoms with Crippen LogP contribution in [0.1, 0.15) is 31.7 Å². The summed E-state index contributed by atoms with van der Waals surface area (Å²) in [5.74, 6) is 0.803. The van der Waals surface area contributed by atoms with Crippen molar-refractivity contribution < 1.29 is 5.11 Å². The molecule has 0 saturated heterocycles. The fourth-order valence-electron chi connectivity index (χ4n) is 2.39. The Labute approximate surface area is 155 Å². The van der Waals surface area contributed by atoms with Gasteiger partial charge in [-0.25, -0.2) is 0 Å². The second-order valence-corrected chi connectivity index (χ2v) is 6.10. The number of aliphatic hydroxyl groups is 1. The van der Waals surface area contributed by atoms with E-state index in [9.17, 15) is 5.11 Å². The van der Waals surface area contributed by atoms with E-state index in [2.05, 4.69) is 10.3 Å². The number of nitrogens with zero attached hydrogens (tertiary/aromatic N) is 2. The van der Waals surface area contributed by atoms with E-state index < -0.39 is 5.60 Å². The minimum absolute atomic E-state index is 0. The van der Waals surface area contributed by atoms with Gasteiger partial charge in [-0.3, -0.25) is 4.99 Å². The number of guanidine groups is 1. The minimum Gasteiger partial charge on any atom is -0.388 e. The maximum absolute atomic E-state index is 10.2. The van der Waals surface area contributed by atoms with Gasteiger partial charge in [0.2, 0.25) is 0 Å². The summed E-state index contributed by atoms with van der Waals surface area (Å²) in [6.07, 6.45) is 2.80. The van der Waals surface area contributed by atoms with Crippen LogP contribution in [0.4, 0.5) is 0 Å². The van der Waals surface area contributed by atoms with Gasteiger partial charge in [-0.1, -0.05) is 29.8 Å². The van der Waals surface area contributed by atoms with Crippen LogP contribution in [0.15, 0.2) is 29.3 Å². The quantitative estimate of drug-likeness (QED) is 0.422. The summed E-state index contributed by atoms with van der Waals surface area (Å²) in [5.41, 5.74) is 0.473. The maximum Gasteiger partial charge on any atom is 0.194 e. The summed E-state index contributed by atoms with van der Waals surface area (Å²) in [6.45, 7) is 3.98. The molecule has 1 aromatic rings. The molecule has 2 rings (SSSR count). The summed E-state index contributed by atoms with van der Waals surface area (Å²) in [5, 5.41) is 14.2. The van der Waals surface area contributed by atoms with E-state index in [1.165, 1.54) is 0 Å². The molecule has 0 bridgehead atoms. The van der Waals surface area contributed by atoms with Gasteiger partial charge in [0, 0.05) is 25.2 Å². The smallest absolute Gasteiger partial charge is 0.194 e. The topological polar surface area (TPSA) is 47.9 Å². The summed E-state index contributed by atoms with van der Waals surface area (Å²) in [4.78, 5) is 6.61. The van der Waals surface area contributed by atoms with Gasteiger partial charge < -0.3 is 15.3 Å². The number of hydrogen-bond donors (Lipinski definition) is 2. The molecule has 1 fully saturated rings. The van der Waals surface area contributed by atoms with Crippen molar-refractivity contribution in [3.05, 3.63) is 34.9 Å². The van der Waals surface area contributed by atoms with Crippen molar-refractivity contribution in [3.8, 4) is 0 Å². The molecule has 1 aromatic carbocycles. The Kier molecular flexibility index (Phi) is 7.93. The molecule has 4 nitrogen and oxygen atoms in total. The normalized spacial score (nSPS) is 16.5. The number of benzene rings is 1. The highest BCUT2D eigenvalue weighted by Crippen LogP contribution is 2.31. The lowest BCUT2D eigenvalue weighted by molar-refractivity contribution is -0.0237.